The number of aliphatic hydroxyl groups excluding tert-OH is 1. The lowest BCUT2D eigenvalue weighted by atomic mass is 10.3. The molecule has 1 amide bonds. The average Bonchev–Trinajstić information content (AvgIpc) is 2.10. The van der Waals surface area contributed by atoms with Crippen molar-refractivity contribution in [2.24, 2.45) is 0 Å². The Morgan fingerprint density at radius 3 is 2.56 bits per heavy atom. The van der Waals surface area contributed by atoms with Gasteiger partial charge >= 0.3 is 12.1 Å². The zero-order valence-corrected chi connectivity index (χ0v) is 4.46. The zero-order chi connectivity index (χ0) is 6.85. The molecule has 0 aliphatic carbocycles. The molecule has 1 aliphatic heterocycles. The average molecular weight is 131 g/mol. The molecule has 0 saturated carbocycles. The third-order valence-electron chi connectivity index (χ3n) is 0.952. The fourth-order valence-corrected chi connectivity index (χ4v) is 0.513. The summed E-state index contributed by atoms with van der Waals surface area (Å²) in [6, 6.07) is -0.863. The van der Waals surface area contributed by atoms with Gasteiger partial charge in [0.1, 0.15) is 0 Å². The van der Waals surface area contributed by atoms with Crippen LogP contribution in [0.25, 0.3) is 0 Å². The molecule has 5 heteroatoms. The summed E-state index contributed by atoms with van der Waals surface area (Å²) >= 11 is 0. The van der Waals surface area contributed by atoms with Crippen LogP contribution in [0, 0.1) is 0 Å². The van der Waals surface area contributed by atoms with E-state index in [1.165, 1.54) is 0 Å². The molecule has 1 fully saturated rings. The molecule has 0 aromatic rings. The molecule has 0 aromatic carbocycles. The number of cyclic esters (lactones) is 2. The molecular weight excluding hydrogens is 126 g/mol. The van der Waals surface area contributed by atoms with Gasteiger partial charge in [0.25, 0.3) is 0 Å². The van der Waals surface area contributed by atoms with E-state index in [9.17, 15) is 9.59 Å². The van der Waals surface area contributed by atoms with Gasteiger partial charge in [-0.3, -0.25) is 0 Å². The van der Waals surface area contributed by atoms with Crippen LogP contribution < -0.4 is 5.32 Å². The molecular formula is C4H5NO4. The van der Waals surface area contributed by atoms with Crippen LogP contribution in [0.15, 0.2) is 0 Å². The van der Waals surface area contributed by atoms with E-state index in [-0.39, 0.29) is 0 Å². The monoisotopic (exact) mass is 131 g/mol. The largest absolute Gasteiger partial charge is 0.415 e. The Bertz CT molecular complexity index is 155. The van der Waals surface area contributed by atoms with E-state index in [0.29, 0.717) is 0 Å². The van der Waals surface area contributed by atoms with Crippen molar-refractivity contribution in [2.45, 2.75) is 6.04 Å². The minimum atomic E-state index is -0.863. The van der Waals surface area contributed by atoms with Crippen LogP contribution in [0.2, 0.25) is 0 Å². The van der Waals surface area contributed by atoms with E-state index in [1.807, 2.05) is 0 Å². The molecule has 1 atom stereocenters. The standard InChI is InChI=1S/C4H5NO4/c6-1-2-3(7)9-4(8)5-2/h2,6H,1H2,(H,5,8). The highest BCUT2D eigenvalue weighted by molar-refractivity contribution is 5.95. The highest BCUT2D eigenvalue weighted by Gasteiger charge is 2.31. The topological polar surface area (TPSA) is 75.6 Å². The maximum atomic E-state index is 10.4. The zero-order valence-electron chi connectivity index (χ0n) is 4.46. The lowest BCUT2D eigenvalue weighted by Gasteiger charge is -1.95. The van der Waals surface area contributed by atoms with Crippen LogP contribution in [0.1, 0.15) is 0 Å². The number of ether oxygens (including phenoxy) is 1. The van der Waals surface area contributed by atoms with E-state index in [0.717, 1.165) is 0 Å². The minimum absolute atomic E-state index is 0.412. The summed E-state index contributed by atoms with van der Waals surface area (Å²) in [4.78, 5) is 20.5. The Kier molecular flexibility index (Phi) is 1.35. The fraction of sp³-hybridized carbons (Fsp3) is 0.500. The Balaban J connectivity index is 2.58. The summed E-state index contributed by atoms with van der Waals surface area (Å²) in [7, 11) is 0. The lowest BCUT2D eigenvalue weighted by Crippen LogP contribution is -2.31. The lowest BCUT2D eigenvalue weighted by molar-refractivity contribution is -0.136. The van der Waals surface area contributed by atoms with E-state index < -0.39 is 24.7 Å². The number of nitrogens with one attached hydrogen (secondary N) is 1. The van der Waals surface area contributed by atoms with Crippen molar-refractivity contribution in [3.05, 3.63) is 0 Å². The third-order valence-corrected chi connectivity index (χ3v) is 0.952. The van der Waals surface area contributed by atoms with Crippen LogP contribution >= 0.6 is 0 Å². The summed E-state index contributed by atoms with van der Waals surface area (Å²) in [5.74, 6) is -0.720. The SMILES string of the molecule is O=C1NC(CO)C(=O)O1. The summed E-state index contributed by atoms with van der Waals surface area (Å²) in [5.41, 5.74) is 0. The van der Waals surface area contributed by atoms with Gasteiger partial charge in [-0.2, -0.15) is 0 Å². The Hall–Kier alpha value is -1.10. The third kappa shape index (κ3) is 0.996. The second kappa shape index (κ2) is 2.02. The molecule has 0 bridgehead atoms. The second-order valence-corrected chi connectivity index (χ2v) is 1.59. The first-order valence-electron chi connectivity index (χ1n) is 2.37. The molecule has 5 nitrogen and oxygen atoms in total. The van der Waals surface area contributed by atoms with Gasteiger partial charge in [0.15, 0.2) is 6.04 Å². The Morgan fingerprint density at radius 1 is 1.67 bits per heavy atom. The number of rotatable bonds is 1. The van der Waals surface area contributed by atoms with Crippen molar-refractivity contribution in [3.8, 4) is 0 Å². The van der Waals surface area contributed by atoms with Crippen LogP contribution in [-0.2, 0) is 9.53 Å². The number of alkyl carbamates (subject to hydrolysis) is 1. The van der Waals surface area contributed by atoms with Crippen LogP contribution in [-0.4, -0.2) is 29.8 Å². The Morgan fingerprint density at radius 2 is 2.33 bits per heavy atom. The van der Waals surface area contributed by atoms with Crippen molar-refractivity contribution < 1.29 is 19.4 Å². The first-order chi connectivity index (χ1) is 4.24. The molecule has 1 rings (SSSR count). The highest BCUT2D eigenvalue weighted by atomic mass is 16.6. The van der Waals surface area contributed by atoms with Crippen molar-refractivity contribution in [1.29, 1.82) is 0 Å². The molecule has 50 valence electrons. The van der Waals surface area contributed by atoms with Gasteiger partial charge in [0.2, 0.25) is 0 Å². The molecule has 1 aliphatic rings. The number of hydrogen-bond acceptors (Lipinski definition) is 4. The van der Waals surface area contributed by atoms with Gasteiger partial charge in [0.05, 0.1) is 6.61 Å². The predicted molar refractivity (Wildman–Crippen MR) is 25.5 cm³/mol. The van der Waals surface area contributed by atoms with Crippen molar-refractivity contribution >= 4 is 12.1 Å². The molecule has 1 heterocycles. The summed E-state index contributed by atoms with van der Waals surface area (Å²) in [6.07, 6.45) is -0.793. The summed E-state index contributed by atoms with van der Waals surface area (Å²) < 4.78 is 4.02. The summed E-state index contributed by atoms with van der Waals surface area (Å²) in [6.45, 7) is -0.412. The molecule has 1 saturated heterocycles. The van der Waals surface area contributed by atoms with E-state index in [1.54, 1.807) is 0 Å². The number of esters is 1. The molecule has 2 N–H and O–H groups in total. The smallest absolute Gasteiger partial charge is 0.394 e. The Labute approximate surface area is 50.6 Å². The van der Waals surface area contributed by atoms with Crippen LogP contribution in [0.5, 0.6) is 0 Å². The molecule has 9 heavy (non-hydrogen) atoms. The first kappa shape index (κ1) is 6.03. The van der Waals surface area contributed by atoms with Gasteiger partial charge in [0, 0.05) is 0 Å². The van der Waals surface area contributed by atoms with Crippen molar-refractivity contribution in [1.82, 2.24) is 5.32 Å². The van der Waals surface area contributed by atoms with Crippen molar-refractivity contribution in [3.63, 3.8) is 0 Å². The number of hydrogen-bond donors (Lipinski definition) is 2. The van der Waals surface area contributed by atoms with Gasteiger partial charge in [-0.15, -0.1) is 0 Å². The van der Waals surface area contributed by atoms with Crippen LogP contribution in [0.4, 0.5) is 4.79 Å². The van der Waals surface area contributed by atoms with Crippen molar-refractivity contribution in [2.75, 3.05) is 6.61 Å². The molecule has 0 aromatic heterocycles. The molecule has 1 unspecified atom stereocenters. The quantitative estimate of drug-likeness (QED) is 0.339. The number of carbonyl (C=O) groups excluding carboxylic acids is 2. The van der Waals surface area contributed by atoms with Crippen LogP contribution in [0.3, 0.4) is 0 Å². The fourth-order valence-electron chi connectivity index (χ4n) is 0.513. The maximum absolute atomic E-state index is 10.4. The molecule has 0 radical (unpaired) electrons. The van der Waals surface area contributed by atoms with E-state index >= 15 is 0 Å². The summed E-state index contributed by atoms with van der Waals surface area (Å²) in [5, 5.41) is 10.4. The van der Waals surface area contributed by atoms with Gasteiger partial charge < -0.3 is 15.2 Å². The van der Waals surface area contributed by atoms with Gasteiger partial charge in [-0.25, -0.2) is 9.59 Å². The minimum Gasteiger partial charge on any atom is -0.394 e. The number of amides is 1. The second-order valence-electron chi connectivity index (χ2n) is 1.59. The first-order valence-corrected chi connectivity index (χ1v) is 2.37. The van der Waals surface area contributed by atoms with E-state index in [2.05, 4.69) is 10.1 Å². The molecule has 0 spiro atoms. The van der Waals surface area contributed by atoms with Gasteiger partial charge in [-0.05, 0) is 0 Å². The maximum Gasteiger partial charge on any atom is 0.415 e. The van der Waals surface area contributed by atoms with E-state index in [4.69, 9.17) is 5.11 Å². The highest BCUT2D eigenvalue weighted by Crippen LogP contribution is 1.97. The normalized spacial score (nSPS) is 25.7. The van der Waals surface area contributed by atoms with Gasteiger partial charge in [-0.1, -0.05) is 0 Å². The number of aliphatic hydroxyl groups is 1. The number of carbonyl (C=O) groups is 2. The predicted octanol–water partition coefficient (Wildman–Crippen LogP) is -1.39.